The van der Waals surface area contributed by atoms with Crippen molar-refractivity contribution in [3.63, 3.8) is 0 Å². The highest BCUT2D eigenvalue weighted by atomic mass is 32.2. The van der Waals surface area contributed by atoms with Gasteiger partial charge in [-0.2, -0.15) is 0 Å². The molecule has 3 heterocycles. The third-order valence-corrected chi connectivity index (χ3v) is 12.3. The van der Waals surface area contributed by atoms with Gasteiger partial charge in [0, 0.05) is 23.9 Å². The number of amides is 4. The van der Waals surface area contributed by atoms with E-state index in [4.69, 9.17) is 9.47 Å². The molecule has 2 saturated carbocycles. The van der Waals surface area contributed by atoms with Crippen LogP contribution in [0.25, 0.3) is 10.8 Å². The molecule has 2 unspecified atom stereocenters. The summed E-state index contributed by atoms with van der Waals surface area (Å²) in [6, 6.07) is 4.08. The summed E-state index contributed by atoms with van der Waals surface area (Å²) in [5, 5.41) is 6.79. The van der Waals surface area contributed by atoms with Crippen LogP contribution in [0.5, 0.6) is 5.88 Å². The fraction of sp³-hybridized carbons (Fsp3) is 0.595. The number of carbonyl (C=O) groups excluding carboxylic acids is 4. The molecular formula is C37H49N5O8S. The zero-order chi connectivity index (χ0) is 36.7. The summed E-state index contributed by atoms with van der Waals surface area (Å²) in [6.07, 6.45) is 7.00. The molecule has 0 radical (unpaired) electrons. The number of ether oxygens (including phenoxy) is 2. The zero-order valence-electron chi connectivity index (χ0n) is 29.8. The molecule has 3 N–H and O–H groups in total. The number of sulfonamides is 1. The Morgan fingerprint density at radius 1 is 1.16 bits per heavy atom. The third-order valence-electron chi connectivity index (χ3n) is 10.5. The first-order valence-electron chi connectivity index (χ1n) is 18.0. The summed E-state index contributed by atoms with van der Waals surface area (Å²) < 4.78 is 39.6. The lowest BCUT2D eigenvalue weighted by Crippen LogP contribution is -2.60. The van der Waals surface area contributed by atoms with Gasteiger partial charge in [0.15, 0.2) is 0 Å². The number of nitrogens with zero attached hydrogens (tertiary/aromatic N) is 2. The summed E-state index contributed by atoms with van der Waals surface area (Å²) in [7, 11) is -3.88. The van der Waals surface area contributed by atoms with Crippen LogP contribution in [0.15, 0.2) is 37.1 Å². The van der Waals surface area contributed by atoms with Gasteiger partial charge in [-0.25, -0.2) is 18.2 Å². The Morgan fingerprint density at radius 2 is 1.92 bits per heavy atom. The number of carbonyl (C=O) groups is 4. The van der Waals surface area contributed by atoms with Crippen molar-refractivity contribution in [3.8, 4) is 5.88 Å². The number of aromatic nitrogens is 1. The number of alkyl carbamates (subject to hydrolysis) is 1. The molecule has 4 aliphatic rings. The van der Waals surface area contributed by atoms with E-state index in [2.05, 4.69) is 46.0 Å². The second-order valence-corrected chi connectivity index (χ2v) is 17.3. The molecule has 14 heteroatoms. The van der Waals surface area contributed by atoms with Gasteiger partial charge in [0.25, 0.3) is 5.91 Å². The van der Waals surface area contributed by atoms with Crippen LogP contribution in [0.4, 0.5) is 4.79 Å². The van der Waals surface area contributed by atoms with E-state index in [1.165, 1.54) is 11.0 Å². The number of pyridine rings is 1. The highest BCUT2D eigenvalue weighted by Gasteiger charge is 2.62. The Bertz CT molecular complexity index is 1840. The molecule has 1 aromatic heterocycles. The first-order valence-corrected chi connectivity index (χ1v) is 19.5. The molecule has 276 valence electrons. The van der Waals surface area contributed by atoms with Crippen LogP contribution in [0.3, 0.4) is 0 Å². The van der Waals surface area contributed by atoms with Crippen molar-refractivity contribution in [2.24, 2.45) is 11.3 Å². The molecule has 51 heavy (non-hydrogen) atoms. The average Bonchev–Trinajstić information content (AvgIpc) is 4.00. The minimum atomic E-state index is -3.88. The number of aryl methyl sites for hydroxylation is 2. The van der Waals surface area contributed by atoms with E-state index in [0.717, 1.165) is 47.6 Å². The van der Waals surface area contributed by atoms with Gasteiger partial charge in [-0.05, 0) is 85.4 Å². The summed E-state index contributed by atoms with van der Waals surface area (Å²) in [5.74, 6) is -2.09. The number of nitrogens with one attached hydrogen (secondary N) is 3. The maximum absolute atomic E-state index is 14.5. The molecule has 1 aromatic carbocycles. The monoisotopic (exact) mass is 723 g/mol. The van der Waals surface area contributed by atoms with Crippen molar-refractivity contribution in [2.75, 3.05) is 13.2 Å². The van der Waals surface area contributed by atoms with Gasteiger partial charge in [0.2, 0.25) is 27.7 Å². The first kappa shape index (κ1) is 36.6. The van der Waals surface area contributed by atoms with E-state index in [1.54, 1.807) is 6.20 Å². The van der Waals surface area contributed by atoms with Crippen molar-refractivity contribution in [3.05, 3.63) is 48.2 Å². The zero-order valence-corrected chi connectivity index (χ0v) is 30.6. The smallest absolute Gasteiger partial charge is 0.407 e. The van der Waals surface area contributed by atoms with E-state index < -0.39 is 74.1 Å². The van der Waals surface area contributed by atoms with Crippen molar-refractivity contribution in [2.45, 2.75) is 114 Å². The molecule has 4 bridgehead atoms. The minimum Gasteiger partial charge on any atom is -0.472 e. The van der Waals surface area contributed by atoms with Gasteiger partial charge in [-0.1, -0.05) is 39.8 Å². The maximum atomic E-state index is 14.5. The molecule has 2 aromatic rings. The van der Waals surface area contributed by atoms with Crippen molar-refractivity contribution in [1.29, 1.82) is 0 Å². The van der Waals surface area contributed by atoms with Crippen LogP contribution in [0.1, 0.15) is 83.8 Å². The van der Waals surface area contributed by atoms with Crippen LogP contribution in [-0.4, -0.2) is 84.2 Å². The van der Waals surface area contributed by atoms with Gasteiger partial charge >= 0.3 is 6.09 Å². The van der Waals surface area contributed by atoms with Crippen molar-refractivity contribution < 1.29 is 37.1 Å². The summed E-state index contributed by atoms with van der Waals surface area (Å²) in [4.78, 5) is 61.1. The van der Waals surface area contributed by atoms with Crippen LogP contribution in [0.2, 0.25) is 0 Å². The predicted octanol–water partition coefficient (Wildman–Crippen LogP) is 3.68. The molecular weight excluding hydrogens is 675 g/mol. The van der Waals surface area contributed by atoms with Crippen LogP contribution < -0.4 is 20.1 Å². The van der Waals surface area contributed by atoms with Gasteiger partial charge in [0.05, 0.1) is 18.4 Å². The van der Waals surface area contributed by atoms with Crippen molar-refractivity contribution >= 4 is 44.6 Å². The summed E-state index contributed by atoms with van der Waals surface area (Å²) in [6.45, 7) is 11.5. The number of hydrogen-bond acceptors (Lipinski definition) is 9. The van der Waals surface area contributed by atoms with Crippen molar-refractivity contribution in [1.82, 2.24) is 25.2 Å². The van der Waals surface area contributed by atoms with E-state index in [1.807, 2.05) is 26.8 Å². The molecule has 6 rings (SSSR count). The topological polar surface area (TPSA) is 173 Å². The standard InChI is InChI=1S/C37H49N5O8S/c1-6-23-17-22-11-9-8-10-16-49-35(46)39-30(36(3,4)5)33(44)42-21-25(50-32-28(18-22)27(23)14-15-38-32)19-29(42)31(43)40-37(20-24(37)7-2)34(45)41-51(47,48)26-12-13-26/h7,14-15,17-18,24-26,29-30H,2,6,8-13,16,19-21H2,1,3-5H3,(H,39,46)(H,40,43)(H,41,45)/t24?,25-,29+,30-,37?/m1/s1. The number of fused-ring (bicyclic) bond motifs is 3. The molecule has 4 amide bonds. The fourth-order valence-electron chi connectivity index (χ4n) is 7.23. The second-order valence-electron chi connectivity index (χ2n) is 15.4. The molecule has 3 fully saturated rings. The van der Waals surface area contributed by atoms with Gasteiger partial charge in [-0.3, -0.25) is 19.1 Å². The van der Waals surface area contributed by atoms with Gasteiger partial charge in [-0.15, -0.1) is 6.58 Å². The predicted molar refractivity (Wildman–Crippen MR) is 190 cm³/mol. The van der Waals surface area contributed by atoms with Crippen LogP contribution >= 0.6 is 0 Å². The Kier molecular flexibility index (Phi) is 10.1. The summed E-state index contributed by atoms with van der Waals surface area (Å²) in [5.41, 5.74) is -0.00906. The van der Waals surface area contributed by atoms with Gasteiger partial charge in [0.1, 0.15) is 23.7 Å². The number of benzene rings is 1. The Morgan fingerprint density at radius 3 is 2.59 bits per heavy atom. The summed E-state index contributed by atoms with van der Waals surface area (Å²) >= 11 is 0. The number of cyclic esters (lactones) is 1. The fourth-order valence-corrected chi connectivity index (χ4v) is 8.60. The first-order chi connectivity index (χ1) is 24.2. The lowest BCUT2D eigenvalue weighted by Gasteiger charge is -2.35. The quantitative estimate of drug-likeness (QED) is 0.361. The maximum Gasteiger partial charge on any atom is 0.407 e. The molecule has 1 saturated heterocycles. The SMILES string of the molecule is C=CC1CC1(NC(=O)[C@@H]1C[C@@H]2CN1C(=O)[C@H](C(C)(C)C)NC(=O)OCCCCCc1cc(CC)c3ccnc(c3c1)O2)C(=O)NS(=O)(=O)C1CC1. The lowest BCUT2D eigenvalue weighted by molar-refractivity contribution is -0.142. The van der Waals surface area contributed by atoms with Crippen LogP contribution in [-0.2, 0) is 42.0 Å². The van der Waals surface area contributed by atoms with E-state index >= 15 is 0 Å². The molecule has 0 spiro atoms. The Balaban J connectivity index is 1.35. The Hall–Kier alpha value is -4.20. The number of hydrogen-bond donors (Lipinski definition) is 3. The Labute approximate surface area is 299 Å². The molecule has 2 aliphatic carbocycles. The lowest BCUT2D eigenvalue weighted by atomic mass is 9.85. The molecule has 5 atom stereocenters. The number of rotatable bonds is 7. The normalized spacial score (nSPS) is 27.4. The van der Waals surface area contributed by atoms with E-state index in [0.29, 0.717) is 25.1 Å². The van der Waals surface area contributed by atoms with E-state index in [9.17, 15) is 27.6 Å². The second kappa shape index (κ2) is 14.1. The average molecular weight is 724 g/mol. The highest BCUT2D eigenvalue weighted by molar-refractivity contribution is 7.91. The molecule has 13 nitrogen and oxygen atoms in total. The van der Waals surface area contributed by atoms with Gasteiger partial charge < -0.3 is 25.0 Å². The molecule has 2 aliphatic heterocycles. The third kappa shape index (κ3) is 7.70. The van der Waals surface area contributed by atoms with E-state index in [-0.39, 0.29) is 26.0 Å². The highest BCUT2D eigenvalue weighted by Crippen LogP contribution is 2.45. The minimum absolute atomic E-state index is 0.00123. The largest absolute Gasteiger partial charge is 0.472 e. The van der Waals surface area contributed by atoms with Crippen LogP contribution in [0, 0.1) is 11.3 Å².